The van der Waals surface area contributed by atoms with Crippen molar-refractivity contribution in [3.63, 3.8) is 0 Å². The molecule has 0 bridgehead atoms. The maximum atomic E-state index is 9.02. The zero-order chi connectivity index (χ0) is 12.0. The smallest absolute Gasteiger partial charge is 0.0931 e. The van der Waals surface area contributed by atoms with E-state index in [1.807, 2.05) is 19.1 Å². The molecule has 0 aliphatic rings. The number of aliphatic hydroxyl groups excluding tert-OH is 1. The molecule has 0 saturated heterocycles. The van der Waals surface area contributed by atoms with Gasteiger partial charge in [0, 0.05) is 30.7 Å². The third-order valence-electron chi connectivity index (χ3n) is 2.44. The molecule has 0 amide bonds. The van der Waals surface area contributed by atoms with Crippen LogP contribution in [0.1, 0.15) is 18.2 Å². The van der Waals surface area contributed by atoms with Gasteiger partial charge in [0.25, 0.3) is 0 Å². The van der Waals surface area contributed by atoms with Gasteiger partial charge in [0.05, 0.1) is 10.9 Å². The third kappa shape index (κ3) is 4.39. The molecule has 1 aromatic rings. The highest BCUT2D eigenvalue weighted by molar-refractivity contribution is 7.16. The van der Waals surface area contributed by atoms with Crippen LogP contribution in [-0.2, 0) is 11.3 Å². The Kier molecular flexibility index (Phi) is 5.72. The Morgan fingerprint density at radius 3 is 2.81 bits per heavy atom. The fourth-order valence-electron chi connectivity index (χ4n) is 1.52. The summed E-state index contributed by atoms with van der Waals surface area (Å²) in [6.07, 6.45) is 0.667. The summed E-state index contributed by atoms with van der Waals surface area (Å²) in [4.78, 5) is 1.19. The lowest BCUT2D eigenvalue weighted by molar-refractivity contribution is 0.0971. The lowest BCUT2D eigenvalue weighted by Crippen LogP contribution is -2.46. The van der Waals surface area contributed by atoms with Crippen molar-refractivity contribution in [3.05, 3.63) is 21.3 Å². The minimum atomic E-state index is -0.194. The first kappa shape index (κ1) is 13.9. The second-order valence-corrected chi connectivity index (χ2v) is 5.83. The van der Waals surface area contributed by atoms with E-state index in [1.165, 1.54) is 4.88 Å². The predicted molar refractivity (Wildman–Crippen MR) is 68.2 cm³/mol. The van der Waals surface area contributed by atoms with Crippen molar-refractivity contribution >= 4 is 22.9 Å². The molecule has 0 aromatic carbocycles. The first-order chi connectivity index (χ1) is 7.59. The van der Waals surface area contributed by atoms with E-state index >= 15 is 0 Å². The van der Waals surface area contributed by atoms with Crippen molar-refractivity contribution in [2.45, 2.75) is 25.4 Å². The molecule has 5 heteroatoms. The minimum absolute atomic E-state index is 0.151. The SMILES string of the molecule is COCC(C)(CCO)NCc1ccc(Cl)s1. The summed E-state index contributed by atoms with van der Waals surface area (Å²) in [5, 5.41) is 12.4. The van der Waals surface area contributed by atoms with Gasteiger partial charge < -0.3 is 15.2 Å². The monoisotopic (exact) mass is 263 g/mol. The molecule has 0 saturated carbocycles. The highest BCUT2D eigenvalue weighted by atomic mass is 35.5. The first-order valence-corrected chi connectivity index (χ1v) is 6.38. The van der Waals surface area contributed by atoms with Crippen molar-refractivity contribution in [2.75, 3.05) is 20.3 Å². The van der Waals surface area contributed by atoms with Crippen molar-refractivity contribution < 1.29 is 9.84 Å². The van der Waals surface area contributed by atoms with Gasteiger partial charge in [-0.2, -0.15) is 0 Å². The Bertz CT molecular complexity index is 311. The molecule has 1 unspecified atom stereocenters. The van der Waals surface area contributed by atoms with Gasteiger partial charge in [0.1, 0.15) is 0 Å². The van der Waals surface area contributed by atoms with E-state index in [9.17, 15) is 0 Å². The number of hydrogen-bond donors (Lipinski definition) is 2. The fourth-order valence-corrected chi connectivity index (χ4v) is 2.55. The topological polar surface area (TPSA) is 41.5 Å². The Hall–Kier alpha value is -0.130. The van der Waals surface area contributed by atoms with Gasteiger partial charge in [-0.15, -0.1) is 11.3 Å². The quantitative estimate of drug-likeness (QED) is 0.793. The van der Waals surface area contributed by atoms with Crippen molar-refractivity contribution in [2.24, 2.45) is 0 Å². The summed E-state index contributed by atoms with van der Waals surface area (Å²) in [6.45, 7) is 3.52. The van der Waals surface area contributed by atoms with Crippen LogP contribution in [0.5, 0.6) is 0 Å². The van der Waals surface area contributed by atoms with Crippen LogP contribution >= 0.6 is 22.9 Å². The van der Waals surface area contributed by atoms with Crippen LogP contribution in [0.15, 0.2) is 12.1 Å². The third-order valence-corrected chi connectivity index (χ3v) is 3.68. The van der Waals surface area contributed by atoms with E-state index in [2.05, 4.69) is 5.32 Å². The molecule has 0 radical (unpaired) electrons. The molecule has 0 aliphatic heterocycles. The van der Waals surface area contributed by atoms with Crippen molar-refractivity contribution in [3.8, 4) is 0 Å². The molecule has 3 nitrogen and oxygen atoms in total. The second kappa shape index (κ2) is 6.57. The number of halogens is 1. The van der Waals surface area contributed by atoms with Crippen LogP contribution in [0.25, 0.3) is 0 Å². The molecule has 1 atom stereocenters. The Labute approximate surface area is 105 Å². The standard InChI is InChI=1S/C11H18ClNO2S/c1-11(5-6-14,8-15-2)13-7-9-3-4-10(12)16-9/h3-4,13-14H,5-8H2,1-2H3. The summed E-state index contributed by atoms with van der Waals surface area (Å²) in [5.41, 5.74) is -0.194. The average molecular weight is 264 g/mol. The van der Waals surface area contributed by atoms with Gasteiger partial charge in [-0.25, -0.2) is 0 Å². The molecular weight excluding hydrogens is 246 g/mol. The summed E-state index contributed by atoms with van der Waals surface area (Å²) in [5.74, 6) is 0. The highest BCUT2D eigenvalue weighted by Gasteiger charge is 2.22. The van der Waals surface area contributed by atoms with Gasteiger partial charge in [-0.3, -0.25) is 0 Å². The number of nitrogens with one attached hydrogen (secondary N) is 1. The number of aliphatic hydroxyl groups is 1. The maximum Gasteiger partial charge on any atom is 0.0931 e. The summed E-state index contributed by atoms with van der Waals surface area (Å²) in [6, 6.07) is 3.90. The van der Waals surface area contributed by atoms with E-state index in [1.54, 1.807) is 18.4 Å². The number of thiophene rings is 1. The van der Waals surface area contributed by atoms with Crippen LogP contribution in [0.4, 0.5) is 0 Å². The molecular formula is C11H18ClNO2S. The zero-order valence-corrected chi connectivity index (χ0v) is 11.2. The normalized spacial score (nSPS) is 15.0. The molecule has 1 heterocycles. The van der Waals surface area contributed by atoms with Crippen LogP contribution in [0, 0.1) is 0 Å². The zero-order valence-electron chi connectivity index (χ0n) is 9.62. The number of methoxy groups -OCH3 is 1. The van der Waals surface area contributed by atoms with E-state index in [0.717, 1.165) is 10.9 Å². The predicted octanol–water partition coefficient (Wildman–Crippen LogP) is 2.28. The first-order valence-electron chi connectivity index (χ1n) is 5.19. The van der Waals surface area contributed by atoms with E-state index in [-0.39, 0.29) is 12.1 Å². The number of ether oxygens (including phenoxy) is 1. The molecule has 1 aromatic heterocycles. The summed E-state index contributed by atoms with van der Waals surface area (Å²) in [7, 11) is 1.67. The van der Waals surface area contributed by atoms with Crippen LogP contribution in [0.3, 0.4) is 0 Å². The van der Waals surface area contributed by atoms with Gasteiger partial charge in [0.15, 0.2) is 0 Å². The van der Waals surface area contributed by atoms with Gasteiger partial charge in [-0.05, 0) is 25.5 Å². The molecule has 0 fully saturated rings. The minimum Gasteiger partial charge on any atom is -0.396 e. The Morgan fingerprint density at radius 1 is 1.56 bits per heavy atom. The van der Waals surface area contributed by atoms with Crippen molar-refractivity contribution in [1.29, 1.82) is 0 Å². The fraction of sp³-hybridized carbons (Fsp3) is 0.636. The van der Waals surface area contributed by atoms with Crippen LogP contribution < -0.4 is 5.32 Å². The lowest BCUT2D eigenvalue weighted by Gasteiger charge is -2.29. The largest absolute Gasteiger partial charge is 0.396 e. The van der Waals surface area contributed by atoms with Crippen LogP contribution in [0.2, 0.25) is 4.34 Å². The van der Waals surface area contributed by atoms with E-state index < -0.39 is 0 Å². The second-order valence-electron chi connectivity index (χ2n) is 4.03. The van der Waals surface area contributed by atoms with Gasteiger partial charge in [0.2, 0.25) is 0 Å². The Balaban J connectivity index is 2.49. The van der Waals surface area contributed by atoms with Crippen LogP contribution in [-0.4, -0.2) is 31.0 Å². The van der Waals surface area contributed by atoms with Crippen molar-refractivity contribution in [1.82, 2.24) is 5.32 Å². The summed E-state index contributed by atoms with van der Waals surface area (Å²) < 4.78 is 5.96. The van der Waals surface area contributed by atoms with Gasteiger partial charge >= 0.3 is 0 Å². The maximum absolute atomic E-state index is 9.02. The summed E-state index contributed by atoms with van der Waals surface area (Å²) >= 11 is 7.42. The molecule has 0 spiro atoms. The Morgan fingerprint density at radius 2 is 2.31 bits per heavy atom. The number of hydrogen-bond acceptors (Lipinski definition) is 4. The molecule has 2 N–H and O–H groups in total. The number of rotatable bonds is 7. The highest BCUT2D eigenvalue weighted by Crippen LogP contribution is 2.22. The van der Waals surface area contributed by atoms with E-state index in [0.29, 0.717) is 13.0 Å². The lowest BCUT2D eigenvalue weighted by atomic mass is 9.99. The molecule has 1 rings (SSSR count). The van der Waals surface area contributed by atoms with E-state index in [4.69, 9.17) is 21.4 Å². The average Bonchev–Trinajstić information content (AvgIpc) is 2.62. The molecule has 92 valence electrons. The molecule has 16 heavy (non-hydrogen) atoms. The van der Waals surface area contributed by atoms with Gasteiger partial charge in [-0.1, -0.05) is 11.6 Å². The molecule has 0 aliphatic carbocycles.